The van der Waals surface area contributed by atoms with Crippen LogP contribution in [0.4, 0.5) is 0 Å². The van der Waals surface area contributed by atoms with Crippen LogP contribution < -0.4 is 0 Å². The predicted molar refractivity (Wildman–Crippen MR) is 57.8 cm³/mol. The first kappa shape index (κ1) is 11.9. The minimum absolute atomic E-state index is 0.218. The number of epoxide rings is 2. The van der Waals surface area contributed by atoms with Gasteiger partial charge in [-0.25, -0.2) is 0 Å². The molecule has 2 N–H and O–H groups in total. The Morgan fingerprint density at radius 2 is 1.83 bits per heavy atom. The van der Waals surface area contributed by atoms with E-state index in [1.807, 2.05) is 0 Å². The Labute approximate surface area is 104 Å². The van der Waals surface area contributed by atoms with Crippen LogP contribution in [0.2, 0.25) is 0 Å². The molecule has 2 saturated heterocycles. The second kappa shape index (κ2) is 3.05. The van der Waals surface area contributed by atoms with Gasteiger partial charge in [0, 0.05) is 0 Å². The second-order valence-corrected chi connectivity index (χ2v) is 5.40. The smallest absolute Gasteiger partial charge is 0.313 e. The summed E-state index contributed by atoms with van der Waals surface area (Å²) >= 11 is 0. The van der Waals surface area contributed by atoms with Crippen LogP contribution in [-0.2, 0) is 19.1 Å². The summed E-state index contributed by atoms with van der Waals surface area (Å²) in [6.45, 7) is 3.43. The molecule has 3 rings (SSSR count). The molecule has 5 atom stereocenters. The molecule has 100 valence electrons. The molecule has 6 heteroatoms. The Balaban J connectivity index is 2.15. The number of rotatable bonds is 4. The van der Waals surface area contributed by atoms with E-state index >= 15 is 0 Å². The Morgan fingerprint density at radius 1 is 1.17 bits per heavy atom. The summed E-state index contributed by atoms with van der Waals surface area (Å²) in [5.41, 5.74) is -2.69. The van der Waals surface area contributed by atoms with Gasteiger partial charge in [0.05, 0.1) is 5.41 Å². The maximum absolute atomic E-state index is 11.8. The zero-order chi connectivity index (χ0) is 13.3. The third-order valence-electron chi connectivity index (χ3n) is 5.12. The Bertz CT molecular complexity index is 448. The summed E-state index contributed by atoms with van der Waals surface area (Å²) in [5, 5.41) is 19.2. The molecule has 0 amide bonds. The Kier molecular flexibility index (Phi) is 2.02. The number of hydrogen-bond acceptors (Lipinski definition) is 4. The molecule has 0 radical (unpaired) electrons. The number of aliphatic carboxylic acids is 2. The molecule has 0 aromatic carbocycles. The van der Waals surface area contributed by atoms with Crippen LogP contribution in [-0.4, -0.2) is 40.1 Å². The molecule has 0 aromatic rings. The Morgan fingerprint density at radius 3 is 2.28 bits per heavy atom. The minimum atomic E-state index is -1.39. The van der Waals surface area contributed by atoms with Gasteiger partial charge in [0.2, 0.25) is 5.79 Å². The van der Waals surface area contributed by atoms with E-state index in [1.54, 1.807) is 13.8 Å². The SMILES string of the molecule is CCC1(C(=O)O)CC2OC23OC3C1(CC)C(=O)O. The van der Waals surface area contributed by atoms with Gasteiger partial charge in [0.15, 0.2) is 0 Å². The zero-order valence-corrected chi connectivity index (χ0v) is 10.3. The molecule has 1 saturated carbocycles. The molecule has 0 bridgehead atoms. The van der Waals surface area contributed by atoms with Crippen LogP contribution in [0.3, 0.4) is 0 Å². The van der Waals surface area contributed by atoms with Crippen molar-refractivity contribution >= 4 is 11.9 Å². The topological polar surface area (TPSA) is 99.7 Å². The van der Waals surface area contributed by atoms with Crippen molar-refractivity contribution in [3.8, 4) is 0 Å². The average Bonchev–Trinajstić information content (AvgIpc) is 3.17. The molecule has 6 nitrogen and oxygen atoms in total. The van der Waals surface area contributed by atoms with Crippen molar-refractivity contribution < 1.29 is 29.3 Å². The van der Waals surface area contributed by atoms with Crippen molar-refractivity contribution in [2.75, 3.05) is 0 Å². The first-order chi connectivity index (χ1) is 8.41. The van der Waals surface area contributed by atoms with E-state index in [1.165, 1.54) is 0 Å². The van der Waals surface area contributed by atoms with Gasteiger partial charge in [-0.3, -0.25) is 9.59 Å². The molecule has 3 fully saturated rings. The summed E-state index contributed by atoms with van der Waals surface area (Å²) in [4.78, 5) is 23.5. The lowest BCUT2D eigenvalue weighted by molar-refractivity contribution is -0.180. The van der Waals surface area contributed by atoms with Crippen LogP contribution >= 0.6 is 0 Å². The fourth-order valence-electron chi connectivity index (χ4n) is 3.93. The fraction of sp³-hybridized carbons (Fsp3) is 0.833. The van der Waals surface area contributed by atoms with Gasteiger partial charge in [0.25, 0.3) is 0 Å². The molecule has 1 spiro atoms. The first-order valence-electron chi connectivity index (χ1n) is 6.23. The summed E-state index contributed by atoms with van der Waals surface area (Å²) in [7, 11) is 0. The molecular formula is C12H16O6. The zero-order valence-electron chi connectivity index (χ0n) is 10.3. The number of ether oxygens (including phenoxy) is 2. The van der Waals surface area contributed by atoms with E-state index < -0.39 is 34.7 Å². The maximum atomic E-state index is 11.8. The van der Waals surface area contributed by atoms with Crippen LogP contribution in [0.15, 0.2) is 0 Å². The number of hydrogen-bond donors (Lipinski definition) is 2. The highest BCUT2D eigenvalue weighted by atomic mass is 16.9. The van der Waals surface area contributed by atoms with Gasteiger partial charge in [-0.15, -0.1) is 0 Å². The van der Waals surface area contributed by atoms with Crippen LogP contribution in [0.5, 0.6) is 0 Å². The lowest BCUT2D eigenvalue weighted by atomic mass is 9.53. The molecule has 5 unspecified atom stereocenters. The highest BCUT2D eigenvalue weighted by Gasteiger charge is 2.90. The quantitative estimate of drug-likeness (QED) is 0.723. The van der Waals surface area contributed by atoms with Crippen molar-refractivity contribution in [3.63, 3.8) is 0 Å². The molecule has 0 aromatic heterocycles. The standard InChI is InChI=1S/C12H16O6/c1-3-10(8(13)14)5-6-12(17-6)7(18-12)11(10,4-2)9(15)16/h6-7H,3-5H2,1-2H3,(H,13,14)(H,15,16). The van der Waals surface area contributed by atoms with Crippen molar-refractivity contribution in [2.45, 2.75) is 51.1 Å². The lowest BCUT2D eigenvalue weighted by Crippen LogP contribution is -2.58. The van der Waals surface area contributed by atoms with Crippen molar-refractivity contribution in [3.05, 3.63) is 0 Å². The molecule has 1 aliphatic carbocycles. The minimum Gasteiger partial charge on any atom is -0.481 e. The molecule has 2 aliphatic heterocycles. The summed E-state index contributed by atoms with van der Waals surface area (Å²) < 4.78 is 10.9. The predicted octanol–water partition coefficient (Wildman–Crippen LogP) is 0.846. The highest BCUT2D eigenvalue weighted by Crippen LogP contribution is 2.74. The summed E-state index contributed by atoms with van der Waals surface area (Å²) in [5.74, 6) is -2.93. The molecule has 18 heavy (non-hydrogen) atoms. The normalized spacial score (nSPS) is 52.1. The number of carboxylic acid groups (broad SMARTS) is 2. The second-order valence-electron chi connectivity index (χ2n) is 5.40. The van der Waals surface area contributed by atoms with Gasteiger partial charge in [0.1, 0.15) is 17.6 Å². The molecule has 3 aliphatic rings. The van der Waals surface area contributed by atoms with Crippen molar-refractivity contribution in [1.29, 1.82) is 0 Å². The largest absolute Gasteiger partial charge is 0.481 e. The number of carboxylic acids is 2. The van der Waals surface area contributed by atoms with E-state index in [0.717, 1.165) is 0 Å². The van der Waals surface area contributed by atoms with Gasteiger partial charge < -0.3 is 19.7 Å². The highest BCUT2D eigenvalue weighted by molar-refractivity contribution is 5.89. The monoisotopic (exact) mass is 256 g/mol. The molecular weight excluding hydrogens is 240 g/mol. The summed E-state index contributed by atoms with van der Waals surface area (Å²) in [6.07, 6.45) is -0.168. The van der Waals surface area contributed by atoms with Gasteiger partial charge in [-0.1, -0.05) is 13.8 Å². The van der Waals surface area contributed by atoms with Crippen molar-refractivity contribution in [2.24, 2.45) is 10.8 Å². The first-order valence-corrected chi connectivity index (χ1v) is 6.23. The van der Waals surface area contributed by atoms with E-state index in [-0.39, 0.29) is 25.4 Å². The lowest BCUT2D eigenvalue weighted by Gasteiger charge is -2.44. The van der Waals surface area contributed by atoms with E-state index in [9.17, 15) is 19.8 Å². The van der Waals surface area contributed by atoms with Gasteiger partial charge >= 0.3 is 11.9 Å². The van der Waals surface area contributed by atoms with Crippen molar-refractivity contribution in [1.82, 2.24) is 0 Å². The average molecular weight is 256 g/mol. The van der Waals surface area contributed by atoms with Gasteiger partial charge in [-0.2, -0.15) is 0 Å². The Hall–Kier alpha value is -1.14. The van der Waals surface area contributed by atoms with E-state index in [2.05, 4.69) is 0 Å². The van der Waals surface area contributed by atoms with E-state index in [4.69, 9.17) is 9.47 Å². The third-order valence-corrected chi connectivity index (χ3v) is 5.12. The van der Waals surface area contributed by atoms with E-state index in [0.29, 0.717) is 0 Å². The summed E-state index contributed by atoms with van der Waals surface area (Å²) in [6, 6.07) is 0. The van der Waals surface area contributed by atoms with Crippen LogP contribution in [0.1, 0.15) is 33.1 Å². The number of carbonyl (C=O) groups is 2. The third kappa shape index (κ3) is 0.948. The van der Waals surface area contributed by atoms with Crippen LogP contribution in [0, 0.1) is 10.8 Å². The maximum Gasteiger partial charge on any atom is 0.313 e. The fourth-order valence-corrected chi connectivity index (χ4v) is 3.93. The van der Waals surface area contributed by atoms with Gasteiger partial charge in [-0.05, 0) is 19.3 Å². The van der Waals surface area contributed by atoms with Crippen LogP contribution in [0.25, 0.3) is 0 Å². The molecule has 2 heterocycles.